The fourth-order valence-electron chi connectivity index (χ4n) is 2.01. The Bertz CT molecular complexity index is 904. The minimum Gasteiger partial charge on any atom is -0.383 e. The zero-order valence-corrected chi connectivity index (χ0v) is 16.4. The van der Waals surface area contributed by atoms with Gasteiger partial charge in [0.05, 0.1) is 30.5 Å². The normalized spacial score (nSPS) is 10.8. The Morgan fingerprint density at radius 2 is 2.17 bits per heavy atom. The number of thiophene rings is 1. The number of amidine groups is 1. The molecule has 0 aliphatic carbocycles. The van der Waals surface area contributed by atoms with Crippen molar-refractivity contribution in [3.8, 4) is 11.3 Å². The van der Waals surface area contributed by atoms with Gasteiger partial charge in [0.2, 0.25) is 0 Å². The van der Waals surface area contributed by atoms with Crippen molar-refractivity contribution in [3.05, 3.63) is 44.6 Å². The molecule has 0 radical (unpaired) electrons. The fourth-order valence-corrected chi connectivity index (χ4v) is 4.82. The van der Waals surface area contributed by atoms with Crippen LogP contribution in [-0.4, -0.2) is 17.1 Å². The van der Waals surface area contributed by atoms with Crippen molar-refractivity contribution >= 4 is 74.3 Å². The number of halogens is 2. The van der Waals surface area contributed by atoms with Gasteiger partial charge >= 0.3 is 0 Å². The van der Waals surface area contributed by atoms with Crippen LogP contribution < -0.4 is 11.1 Å². The van der Waals surface area contributed by atoms with Gasteiger partial charge < -0.3 is 11.1 Å². The summed E-state index contributed by atoms with van der Waals surface area (Å²) < 4.78 is 1.08. The Hall–Kier alpha value is -1.25. The summed E-state index contributed by atoms with van der Waals surface area (Å²) in [6.07, 6.45) is 2.00. The average molecular weight is 415 g/mol. The summed E-state index contributed by atoms with van der Waals surface area (Å²) in [6, 6.07) is 7.32. The molecule has 0 saturated carbocycles. The van der Waals surface area contributed by atoms with Crippen LogP contribution in [0.25, 0.3) is 11.3 Å². The molecular formula is C15H12Cl2N4S3. The highest BCUT2D eigenvalue weighted by Crippen LogP contribution is 2.39. The number of nitrogens with two attached hydrogens (primary N) is 1. The van der Waals surface area contributed by atoms with E-state index in [1.807, 2.05) is 29.8 Å². The molecule has 2 heterocycles. The quantitative estimate of drug-likeness (QED) is 0.274. The third-order valence-electron chi connectivity index (χ3n) is 3.12. The van der Waals surface area contributed by atoms with Crippen molar-refractivity contribution in [3.63, 3.8) is 0 Å². The predicted molar refractivity (Wildman–Crippen MR) is 108 cm³/mol. The number of thiazole rings is 1. The fraction of sp³-hybridized carbons (Fsp3) is 0.0667. The van der Waals surface area contributed by atoms with Gasteiger partial charge in [-0.15, -0.1) is 34.4 Å². The van der Waals surface area contributed by atoms with Crippen LogP contribution in [0.2, 0.25) is 10.0 Å². The molecule has 0 atom stereocenters. The summed E-state index contributed by atoms with van der Waals surface area (Å²) in [6.45, 7) is 0. The molecule has 4 nitrogen and oxygen atoms in total. The lowest BCUT2D eigenvalue weighted by atomic mass is 10.2. The zero-order chi connectivity index (χ0) is 17.3. The van der Waals surface area contributed by atoms with Crippen LogP contribution in [0.5, 0.6) is 0 Å². The van der Waals surface area contributed by atoms with Gasteiger partial charge in [0.25, 0.3) is 0 Å². The number of nitrogen functional groups attached to an aromatic ring is 1. The van der Waals surface area contributed by atoms with E-state index in [1.165, 1.54) is 22.7 Å². The highest BCUT2D eigenvalue weighted by atomic mass is 35.5. The largest absolute Gasteiger partial charge is 0.383 e. The highest BCUT2D eigenvalue weighted by Gasteiger charge is 2.15. The SMILES string of the molecule is CSc1sc(C(=N)N)cc1-c1csc(Nc2cccc(Cl)c2Cl)n1. The van der Waals surface area contributed by atoms with Gasteiger partial charge in [-0.25, -0.2) is 4.98 Å². The van der Waals surface area contributed by atoms with Crippen molar-refractivity contribution in [1.29, 1.82) is 5.41 Å². The first-order chi connectivity index (χ1) is 11.5. The Morgan fingerprint density at radius 1 is 1.38 bits per heavy atom. The van der Waals surface area contributed by atoms with Gasteiger partial charge in [-0.3, -0.25) is 5.41 Å². The number of rotatable bonds is 5. The summed E-state index contributed by atoms with van der Waals surface area (Å²) in [7, 11) is 0. The van der Waals surface area contributed by atoms with Gasteiger partial charge in [-0.2, -0.15) is 0 Å². The lowest BCUT2D eigenvalue weighted by molar-refractivity contribution is 1.37. The molecule has 2 aromatic heterocycles. The van der Waals surface area contributed by atoms with Crippen LogP contribution >= 0.6 is 57.6 Å². The maximum atomic E-state index is 7.60. The van der Waals surface area contributed by atoms with Gasteiger partial charge in [-0.1, -0.05) is 29.3 Å². The molecule has 24 heavy (non-hydrogen) atoms. The minimum absolute atomic E-state index is 0.0702. The highest BCUT2D eigenvalue weighted by molar-refractivity contribution is 8.00. The minimum atomic E-state index is 0.0702. The molecule has 124 valence electrons. The summed E-state index contributed by atoms with van der Waals surface area (Å²) in [5.74, 6) is 0.0702. The van der Waals surface area contributed by atoms with Crippen LogP contribution in [0, 0.1) is 5.41 Å². The van der Waals surface area contributed by atoms with Crippen LogP contribution in [0.4, 0.5) is 10.8 Å². The summed E-state index contributed by atoms with van der Waals surface area (Å²) in [5.41, 5.74) is 8.13. The smallest absolute Gasteiger partial charge is 0.187 e. The van der Waals surface area contributed by atoms with E-state index < -0.39 is 0 Å². The molecule has 3 rings (SSSR count). The van der Waals surface area contributed by atoms with E-state index in [2.05, 4.69) is 10.3 Å². The third kappa shape index (κ3) is 3.55. The van der Waals surface area contributed by atoms with Crippen LogP contribution in [0.3, 0.4) is 0 Å². The van der Waals surface area contributed by atoms with E-state index in [4.69, 9.17) is 34.3 Å². The average Bonchev–Trinajstić information content (AvgIpc) is 3.18. The Morgan fingerprint density at radius 3 is 2.88 bits per heavy atom. The van der Waals surface area contributed by atoms with Crippen molar-refractivity contribution in [2.75, 3.05) is 11.6 Å². The van der Waals surface area contributed by atoms with Gasteiger partial charge in [0.1, 0.15) is 5.84 Å². The molecule has 4 N–H and O–H groups in total. The monoisotopic (exact) mass is 414 g/mol. The summed E-state index contributed by atoms with van der Waals surface area (Å²) in [4.78, 5) is 5.36. The summed E-state index contributed by atoms with van der Waals surface area (Å²) >= 11 is 16.8. The van der Waals surface area contributed by atoms with E-state index in [-0.39, 0.29) is 5.84 Å². The van der Waals surface area contributed by atoms with Crippen LogP contribution in [0.1, 0.15) is 4.88 Å². The molecule has 0 aliphatic rings. The number of thioether (sulfide) groups is 1. The molecule has 0 fully saturated rings. The first-order valence-corrected chi connectivity index (χ1v) is 10.4. The Labute approximate surface area is 161 Å². The maximum absolute atomic E-state index is 7.60. The number of hydrogen-bond donors (Lipinski definition) is 3. The molecular weight excluding hydrogens is 403 g/mol. The molecule has 9 heteroatoms. The number of hydrogen-bond acceptors (Lipinski definition) is 6. The number of nitrogens with one attached hydrogen (secondary N) is 2. The first-order valence-electron chi connectivity index (χ1n) is 6.68. The third-order valence-corrected chi connectivity index (χ3v) is 7.00. The molecule has 0 aliphatic heterocycles. The molecule has 0 bridgehead atoms. The van der Waals surface area contributed by atoms with E-state index in [1.54, 1.807) is 17.8 Å². The Balaban J connectivity index is 1.91. The second-order valence-corrected chi connectivity index (χ2v) is 8.46. The maximum Gasteiger partial charge on any atom is 0.187 e. The van der Waals surface area contributed by atoms with Gasteiger partial charge in [-0.05, 0) is 24.5 Å². The lowest BCUT2D eigenvalue weighted by Gasteiger charge is -2.05. The van der Waals surface area contributed by atoms with Crippen molar-refractivity contribution in [1.82, 2.24) is 4.98 Å². The van der Waals surface area contributed by atoms with Gasteiger partial charge in [0, 0.05) is 10.9 Å². The predicted octanol–water partition coefficient (Wildman–Crippen LogP) is 5.93. The van der Waals surface area contributed by atoms with Crippen LogP contribution in [0.15, 0.2) is 33.9 Å². The number of aromatic nitrogens is 1. The van der Waals surface area contributed by atoms with Crippen LogP contribution in [-0.2, 0) is 0 Å². The molecule has 1 aromatic carbocycles. The Kier molecular flexibility index (Phi) is 5.36. The van der Waals surface area contributed by atoms with E-state index in [0.717, 1.165) is 25.5 Å². The lowest BCUT2D eigenvalue weighted by Crippen LogP contribution is -2.08. The second kappa shape index (κ2) is 7.33. The first kappa shape index (κ1) is 17.6. The van der Waals surface area contributed by atoms with E-state index >= 15 is 0 Å². The van der Waals surface area contributed by atoms with E-state index in [0.29, 0.717) is 15.7 Å². The number of nitrogens with zero attached hydrogens (tertiary/aromatic N) is 1. The summed E-state index contributed by atoms with van der Waals surface area (Å²) in [5, 5.41) is 14.4. The number of benzene rings is 1. The van der Waals surface area contributed by atoms with Crippen molar-refractivity contribution in [2.24, 2.45) is 5.73 Å². The van der Waals surface area contributed by atoms with Crippen molar-refractivity contribution in [2.45, 2.75) is 4.21 Å². The molecule has 0 amide bonds. The molecule has 0 unspecified atom stereocenters. The number of anilines is 2. The van der Waals surface area contributed by atoms with Gasteiger partial charge in [0.15, 0.2) is 5.13 Å². The second-order valence-electron chi connectivity index (χ2n) is 4.69. The topological polar surface area (TPSA) is 74.8 Å². The van der Waals surface area contributed by atoms with E-state index in [9.17, 15) is 0 Å². The van der Waals surface area contributed by atoms with Crippen molar-refractivity contribution < 1.29 is 0 Å². The molecule has 0 saturated heterocycles. The standard InChI is InChI=1S/C15H12Cl2N4S3/c1-22-14-7(5-11(24-14)13(18)19)10-6-23-15(21-10)20-9-4-2-3-8(16)12(9)17/h2-6H,1H3,(H3,18,19)(H,20,21). The molecule has 0 spiro atoms. The molecule has 3 aromatic rings. The zero-order valence-electron chi connectivity index (χ0n) is 12.4.